The molecule has 5 aromatic rings. The highest BCUT2D eigenvalue weighted by molar-refractivity contribution is 6.31. The van der Waals surface area contributed by atoms with E-state index in [9.17, 15) is 4.79 Å². The van der Waals surface area contributed by atoms with Gasteiger partial charge in [0.1, 0.15) is 10.9 Å². The Balaban J connectivity index is 1.84. The number of fused-ring (bicyclic) bond motifs is 4. The minimum Gasteiger partial charge on any atom is -0.383 e. The molecule has 30 heavy (non-hydrogen) atoms. The molecule has 0 N–H and O–H groups in total. The number of hydrogen-bond donors (Lipinski definition) is 0. The number of nitrogens with zero attached hydrogens (tertiary/aromatic N) is 5. The van der Waals surface area contributed by atoms with E-state index in [-0.39, 0.29) is 5.56 Å². The highest BCUT2D eigenvalue weighted by atomic mass is 35.5. The Hall–Kier alpha value is -3.29. The molecule has 0 radical (unpaired) electrons. The number of halogens is 1. The summed E-state index contributed by atoms with van der Waals surface area (Å²) in [6, 6.07) is 15.2. The van der Waals surface area contributed by atoms with Gasteiger partial charge in [0.2, 0.25) is 0 Å². The van der Waals surface area contributed by atoms with Gasteiger partial charge >= 0.3 is 0 Å². The van der Waals surface area contributed by atoms with Crippen LogP contribution in [0.2, 0.25) is 5.02 Å². The van der Waals surface area contributed by atoms with Crippen LogP contribution in [-0.2, 0) is 17.8 Å². The molecule has 3 heterocycles. The largest absolute Gasteiger partial charge is 0.383 e. The van der Waals surface area contributed by atoms with Crippen LogP contribution in [0.4, 0.5) is 0 Å². The van der Waals surface area contributed by atoms with Gasteiger partial charge in [-0.3, -0.25) is 9.36 Å². The van der Waals surface area contributed by atoms with Crippen molar-refractivity contribution in [1.82, 2.24) is 24.1 Å². The number of aromatic nitrogens is 5. The predicted octanol–water partition coefficient (Wildman–Crippen LogP) is 3.64. The first-order chi connectivity index (χ1) is 14.7. The van der Waals surface area contributed by atoms with Gasteiger partial charge in [0.15, 0.2) is 11.3 Å². The van der Waals surface area contributed by atoms with Crippen molar-refractivity contribution in [2.75, 3.05) is 13.7 Å². The van der Waals surface area contributed by atoms with E-state index in [1.54, 1.807) is 18.0 Å². The van der Waals surface area contributed by atoms with Gasteiger partial charge in [0.05, 0.1) is 37.1 Å². The van der Waals surface area contributed by atoms with Crippen molar-refractivity contribution in [2.24, 2.45) is 0 Å². The third-order valence-electron chi connectivity index (χ3n) is 5.14. The number of benzene rings is 2. The Morgan fingerprint density at radius 1 is 1.00 bits per heavy atom. The number of ether oxygens (including phenoxy) is 1. The van der Waals surface area contributed by atoms with E-state index in [0.29, 0.717) is 46.9 Å². The Bertz CT molecular complexity index is 1460. The fourth-order valence-electron chi connectivity index (χ4n) is 3.64. The topological polar surface area (TPSA) is 74.8 Å². The fourth-order valence-corrected chi connectivity index (χ4v) is 3.83. The van der Waals surface area contributed by atoms with Crippen molar-refractivity contribution in [1.29, 1.82) is 0 Å². The van der Waals surface area contributed by atoms with Crippen molar-refractivity contribution in [3.8, 4) is 0 Å². The summed E-state index contributed by atoms with van der Waals surface area (Å²) >= 11 is 6.40. The molecule has 0 saturated carbocycles. The molecular weight excluding hydrogens is 402 g/mol. The fraction of sp³-hybridized carbons (Fsp3) is 0.182. The van der Waals surface area contributed by atoms with Gasteiger partial charge in [0, 0.05) is 12.1 Å². The maximum absolute atomic E-state index is 13.3. The molecule has 0 aliphatic rings. The van der Waals surface area contributed by atoms with Crippen LogP contribution in [0, 0.1) is 0 Å². The van der Waals surface area contributed by atoms with Gasteiger partial charge < -0.3 is 9.30 Å². The number of para-hydroxylation sites is 2. The van der Waals surface area contributed by atoms with E-state index in [1.165, 1.54) is 0 Å². The van der Waals surface area contributed by atoms with Gasteiger partial charge in [-0.15, -0.1) is 0 Å². The summed E-state index contributed by atoms with van der Waals surface area (Å²) in [6.45, 7) is 1.26. The van der Waals surface area contributed by atoms with Crippen LogP contribution in [0.25, 0.3) is 33.2 Å². The summed E-state index contributed by atoms with van der Waals surface area (Å²) in [5.41, 5.74) is 3.93. The smallest absolute Gasteiger partial charge is 0.265 e. The third kappa shape index (κ3) is 3.03. The highest BCUT2D eigenvalue weighted by Gasteiger charge is 2.20. The molecule has 0 atom stereocenters. The molecule has 7 nitrogen and oxygen atoms in total. The zero-order chi connectivity index (χ0) is 20.7. The zero-order valence-corrected chi connectivity index (χ0v) is 17.0. The molecule has 8 heteroatoms. The van der Waals surface area contributed by atoms with E-state index in [0.717, 1.165) is 16.6 Å². The molecule has 5 rings (SSSR count). The minimum atomic E-state index is -0.162. The molecule has 0 aliphatic carbocycles. The molecule has 0 fully saturated rings. The molecule has 0 bridgehead atoms. The summed E-state index contributed by atoms with van der Waals surface area (Å²) < 4.78 is 8.57. The summed E-state index contributed by atoms with van der Waals surface area (Å²) in [5.74, 6) is 0. The lowest BCUT2D eigenvalue weighted by Gasteiger charge is -2.09. The van der Waals surface area contributed by atoms with Crippen LogP contribution in [0.3, 0.4) is 0 Å². The lowest BCUT2D eigenvalue weighted by molar-refractivity contribution is 0.186. The Labute approximate surface area is 176 Å². The molecule has 2 aromatic carbocycles. The van der Waals surface area contributed by atoms with Gasteiger partial charge in [-0.25, -0.2) is 15.0 Å². The summed E-state index contributed by atoms with van der Waals surface area (Å²) in [7, 11) is 1.60. The quantitative estimate of drug-likeness (QED) is 0.434. The van der Waals surface area contributed by atoms with Crippen LogP contribution in [0.15, 0.2) is 59.7 Å². The van der Waals surface area contributed by atoms with Gasteiger partial charge in [-0.05, 0) is 23.8 Å². The second kappa shape index (κ2) is 7.51. The lowest BCUT2D eigenvalue weighted by Crippen LogP contribution is -2.22. The Morgan fingerprint density at radius 2 is 1.73 bits per heavy atom. The first kappa shape index (κ1) is 18.7. The average Bonchev–Trinajstić information content (AvgIpc) is 3.06. The van der Waals surface area contributed by atoms with Crippen molar-refractivity contribution < 1.29 is 4.74 Å². The SMILES string of the molecule is COCCn1cnc2c(c1=O)c1nc3ccccc3nc1n2Cc1ccccc1Cl. The molecule has 3 aromatic heterocycles. The van der Waals surface area contributed by atoms with Crippen LogP contribution in [0.5, 0.6) is 0 Å². The summed E-state index contributed by atoms with van der Waals surface area (Å²) in [5, 5.41) is 1.10. The van der Waals surface area contributed by atoms with Crippen LogP contribution in [-0.4, -0.2) is 37.8 Å². The number of methoxy groups -OCH3 is 1. The van der Waals surface area contributed by atoms with Gasteiger partial charge in [-0.1, -0.05) is 41.9 Å². The standard InChI is InChI=1S/C22H18ClN5O2/c1-30-11-10-27-13-24-20-18(22(27)29)19-21(26-17-9-5-4-8-16(17)25-19)28(20)12-14-6-2-3-7-15(14)23/h2-9,13H,10-12H2,1H3. The van der Waals surface area contributed by atoms with Crippen molar-refractivity contribution in [3.63, 3.8) is 0 Å². The van der Waals surface area contributed by atoms with E-state index >= 15 is 0 Å². The maximum atomic E-state index is 13.3. The normalized spacial score (nSPS) is 11.7. The molecule has 0 spiro atoms. The Kier molecular flexibility index (Phi) is 4.69. The monoisotopic (exact) mass is 419 g/mol. The minimum absolute atomic E-state index is 0.162. The average molecular weight is 420 g/mol. The number of hydrogen-bond acceptors (Lipinski definition) is 5. The highest BCUT2D eigenvalue weighted by Crippen LogP contribution is 2.27. The van der Waals surface area contributed by atoms with Crippen molar-refractivity contribution in [3.05, 3.63) is 75.8 Å². The van der Waals surface area contributed by atoms with Crippen molar-refractivity contribution >= 4 is 44.8 Å². The number of rotatable bonds is 5. The van der Waals surface area contributed by atoms with E-state index in [2.05, 4.69) is 4.98 Å². The van der Waals surface area contributed by atoms with E-state index < -0.39 is 0 Å². The first-order valence-corrected chi connectivity index (χ1v) is 9.91. The molecule has 0 aliphatic heterocycles. The third-order valence-corrected chi connectivity index (χ3v) is 5.51. The molecule has 0 unspecified atom stereocenters. The molecule has 0 saturated heterocycles. The van der Waals surface area contributed by atoms with Crippen LogP contribution >= 0.6 is 11.6 Å². The van der Waals surface area contributed by atoms with Gasteiger partial charge in [-0.2, -0.15) is 0 Å². The summed E-state index contributed by atoms with van der Waals surface area (Å²) in [4.78, 5) is 27.5. The van der Waals surface area contributed by atoms with Crippen LogP contribution < -0.4 is 5.56 Å². The van der Waals surface area contributed by atoms with E-state index in [4.69, 9.17) is 26.3 Å². The second-order valence-corrected chi connectivity index (χ2v) is 7.40. The molecule has 150 valence electrons. The second-order valence-electron chi connectivity index (χ2n) is 7.00. The summed E-state index contributed by atoms with van der Waals surface area (Å²) in [6.07, 6.45) is 1.55. The predicted molar refractivity (Wildman–Crippen MR) is 117 cm³/mol. The molecular formula is C22H18ClN5O2. The van der Waals surface area contributed by atoms with Crippen LogP contribution in [0.1, 0.15) is 5.56 Å². The zero-order valence-electron chi connectivity index (χ0n) is 16.2. The van der Waals surface area contributed by atoms with E-state index in [1.807, 2.05) is 53.1 Å². The maximum Gasteiger partial charge on any atom is 0.265 e. The van der Waals surface area contributed by atoms with Gasteiger partial charge in [0.25, 0.3) is 5.56 Å². The first-order valence-electron chi connectivity index (χ1n) is 9.54. The molecule has 0 amide bonds. The lowest BCUT2D eigenvalue weighted by atomic mass is 10.2. The Morgan fingerprint density at radius 3 is 2.50 bits per heavy atom. The van der Waals surface area contributed by atoms with Crippen molar-refractivity contribution in [2.45, 2.75) is 13.1 Å².